The van der Waals surface area contributed by atoms with Gasteiger partial charge in [-0.2, -0.15) is 8.42 Å². The van der Waals surface area contributed by atoms with Crippen LogP contribution >= 0.6 is 0 Å². The van der Waals surface area contributed by atoms with Gasteiger partial charge in [0, 0.05) is 13.1 Å². The molecular weight excluding hydrogens is 412 g/mol. The Kier molecular flexibility index (Phi) is 55.3. The van der Waals surface area contributed by atoms with E-state index < -0.39 is 16.2 Å². The molecule has 184 valence electrons. The van der Waals surface area contributed by atoms with Crippen LogP contribution in [0.5, 0.6) is 0 Å². The number of nitrogens with two attached hydrogens (primary N) is 5. The van der Waals surface area contributed by atoms with Gasteiger partial charge in [0.2, 0.25) is 0 Å². The Morgan fingerprint density at radius 1 is 1.00 bits per heavy atom. The van der Waals surface area contributed by atoms with E-state index in [9.17, 15) is 8.42 Å². The standard InChI is InChI=1S/C4H11N.C3H9NO3S.C3H7N.C2H7NO3.C2H7NO.H3NO/c1-2-3-4-5;4-2-1-3-8(5,6)7;1-2-3-4;1-3-2(4,5)6;3-1-2-4;1-2/h2-5H2,1H3;1-4H2,(H,5,6,7);2H,1,3-4H2;3-6H,1H3;4H,1-3H2;2H,1H2. The van der Waals surface area contributed by atoms with E-state index in [1.54, 1.807) is 11.4 Å². The highest BCUT2D eigenvalue weighted by atomic mass is 32.2. The first kappa shape index (κ1) is 42.3. The third kappa shape index (κ3) is 138. The zero-order chi connectivity index (χ0) is 24.8. The highest BCUT2D eigenvalue weighted by Gasteiger charge is 2.11. The predicted molar refractivity (Wildman–Crippen MR) is 114 cm³/mol. The summed E-state index contributed by atoms with van der Waals surface area (Å²) < 4.78 is 27.8. The second-order valence-electron chi connectivity index (χ2n) is 4.49. The molecule has 0 aromatic carbocycles. The topological polar surface area (TPSA) is 298 Å². The maximum absolute atomic E-state index is 9.89. The van der Waals surface area contributed by atoms with E-state index in [0.29, 0.717) is 26.1 Å². The number of rotatable bonds is 8. The summed E-state index contributed by atoms with van der Waals surface area (Å²) in [6.07, 6.45) is 1.65. The Morgan fingerprint density at radius 3 is 1.34 bits per heavy atom. The van der Waals surface area contributed by atoms with E-state index in [-0.39, 0.29) is 12.4 Å². The van der Waals surface area contributed by atoms with Crippen LogP contribution in [0.3, 0.4) is 0 Å². The minimum atomic E-state index is -3.77. The minimum Gasteiger partial charge on any atom is -0.395 e. The van der Waals surface area contributed by atoms with Crippen LogP contribution in [-0.4, -0.2) is 90.3 Å². The fraction of sp³-hybridized carbons (Fsp3) is 0.857. The van der Waals surface area contributed by atoms with Crippen molar-refractivity contribution in [3.63, 3.8) is 0 Å². The van der Waals surface area contributed by atoms with E-state index in [4.69, 9.17) is 53.1 Å². The highest BCUT2D eigenvalue weighted by Crippen LogP contribution is 1.83. The van der Waals surface area contributed by atoms with Crippen molar-refractivity contribution in [3.8, 4) is 0 Å². The van der Waals surface area contributed by atoms with E-state index in [1.807, 2.05) is 0 Å². The average molecular weight is 457 g/mol. The fourth-order valence-corrected chi connectivity index (χ4v) is 1.00. The molecule has 0 aromatic rings. The Morgan fingerprint density at radius 2 is 1.31 bits per heavy atom. The summed E-state index contributed by atoms with van der Waals surface area (Å²) in [5.74, 6) is 3.27. The second kappa shape index (κ2) is 37.9. The zero-order valence-corrected chi connectivity index (χ0v) is 18.3. The van der Waals surface area contributed by atoms with Crippen LogP contribution in [0.1, 0.15) is 26.2 Å². The van der Waals surface area contributed by atoms with Crippen molar-refractivity contribution in [1.29, 1.82) is 0 Å². The molecule has 0 aliphatic carbocycles. The van der Waals surface area contributed by atoms with Crippen molar-refractivity contribution in [2.45, 2.75) is 32.3 Å². The highest BCUT2D eigenvalue weighted by molar-refractivity contribution is 7.85. The van der Waals surface area contributed by atoms with Gasteiger partial charge in [0.05, 0.1) is 12.4 Å². The smallest absolute Gasteiger partial charge is 0.342 e. The maximum atomic E-state index is 9.89. The summed E-state index contributed by atoms with van der Waals surface area (Å²) in [4.78, 5) is 0. The van der Waals surface area contributed by atoms with E-state index in [0.717, 1.165) is 6.54 Å². The van der Waals surface area contributed by atoms with Gasteiger partial charge < -0.3 is 48.6 Å². The van der Waals surface area contributed by atoms with Crippen LogP contribution in [0.25, 0.3) is 0 Å². The summed E-state index contributed by atoms with van der Waals surface area (Å²) >= 11 is 0. The third-order valence-electron chi connectivity index (χ3n) is 1.80. The molecule has 17 N–H and O–H groups in total. The first-order valence-electron chi connectivity index (χ1n) is 8.46. The minimum absolute atomic E-state index is 0.0972. The van der Waals surface area contributed by atoms with E-state index in [2.05, 4.69) is 19.4 Å². The SMILES string of the molecule is C=CCN.CCCCN.CNC(O)(O)O.NCCCS(=O)(=O)O.NCCO.NO. The Balaban J connectivity index is -0.0000000572. The van der Waals surface area contributed by atoms with Crippen LogP contribution in [0.2, 0.25) is 0 Å². The van der Waals surface area contributed by atoms with Gasteiger partial charge in [0.1, 0.15) is 0 Å². The number of aliphatic hydroxyl groups is 4. The molecule has 14 nitrogen and oxygen atoms in total. The summed E-state index contributed by atoms with van der Waals surface area (Å²) in [7, 11) is -2.56. The molecule has 0 aliphatic rings. The van der Waals surface area contributed by atoms with Gasteiger partial charge in [-0.3, -0.25) is 4.55 Å². The molecule has 0 saturated heterocycles. The molecule has 0 bridgehead atoms. The Bertz CT molecular complexity index is 353. The summed E-state index contributed by atoms with van der Waals surface area (Å²) in [5.41, 5.74) is 19.8. The number of aliphatic hydroxyl groups excluding tert-OH is 1. The molecule has 0 amide bonds. The molecule has 0 aromatic heterocycles. The molecular formula is C14H44N6O8S. The van der Waals surface area contributed by atoms with Crippen molar-refractivity contribution >= 4 is 10.1 Å². The summed E-state index contributed by atoms with van der Waals surface area (Å²) in [6.45, 7) is 7.68. The van der Waals surface area contributed by atoms with Crippen molar-refractivity contribution in [2.75, 3.05) is 45.6 Å². The van der Waals surface area contributed by atoms with Gasteiger partial charge in [-0.1, -0.05) is 19.4 Å². The molecule has 29 heavy (non-hydrogen) atoms. The number of nitrogens with one attached hydrogen (secondary N) is 1. The third-order valence-corrected chi connectivity index (χ3v) is 2.60. The van der Waals surface area contributed by atoms with Gasteiger partial charge >= 0.3 is 6.10 Å². The molecule has 0 fully saturated rings. The monoisotopic (exact) mass is 456 g/mol. The fourth-order valence-electron chi connectivity index (χ4n) is 0.470. The average Bonchev–Trinajstić information content (AvgIpc) is 2.68. The lowest BCUT2D eigenvalue weighted by Crippen LogP contribution is -2.41. The van der Waals surface area contributed by atoms with Gasteiger partial charge in [0.25, 0.3) is 10.1 Å². The van der Waals surface area contributed by atoms with Crippen LogP contribution in [-0.2, 0) is 10.1 Å². The molecule has 0 radical (unpaired) electrons. The maximum Gasteiger partial charge on any atom is 0.342 e. The van der Waals surface area contributed by atoms with Gasteiger partial charge in [0.15, 0.2) is 0 Å². The molecule has 0 unspecified atom stereocenters. The molecule has 0 saturated carbocycles. The first-order chi connectivity index (χ1) is 13.4. The molecule has 0 rings (SSSR count). The lowest BCUT2D eigenvalue weighted by molar-refractivity contribution is -0.328. The van der Waals surface area contributed by atoms with E-state index in [1.165, 1.54) is 19.9 Å². The molecule has 0 atom stereocenters. The summed E-state index contributed by atoms with van der Waals surface area (Å²) in [6, 6.07) is 0. The van der Waals surface area contributed by atoms with Crippen LogP contribution in [0, 0.1) is 0 Å². The molecule has 0 spiro atoms. The van der Waals surface area contributed by atoms with Gasteiger partial charge in [-0.15, -0.1) is 6.58 Å². The van der Waals surface area contributed by atoms with Crippen molar-refractivity contribution in [2.24, 2.45) is 28.8 Å². The lowest BCUT2D eigenvalue weighted by Gasteiger charge is -2.09. The van der Waals surface area contributed by atoms with Crippen molar-refractivity contribution < 1.29 is 38.6 Å². The number of unbranched alkanes of at least 4 members (excludes halogenated alkanes) is 1. The normalized spacial score (nSPS) is 9.28. The number of hydrogen-bond donors (Lipinski definition) is 12. The molecule has 15 heteroatoms. The van der Waals surface area contributed by atoms with E-state index >= 15 is 0 Å². The quantitative estimate of drug-likeness (QED) is 0.0720. The lowest BCUT2D eigenvalue weighted by atomic mass is 10.3. The molecule has 0 heterocycles. The Hall–Kier alpha value is -0.790. The Labute approximate surface area is 174 Å². The zero-order valence-electron chi connectivity index (χ0n) is 17.4. The largest absolute Gasteiger partial charge is 0.395 e. The predicted octanol–water partition coefficient (Wildman–Crippen LogP) is -3.83. The first-order valence-corrected chi connectivity index (χ1v) is 10.1. The van der Waals surface area contributed by atoms with Gasteiger partial charge in [-0.25, -0.2) is 11.2 Å². The van der Waals surface area contributed by atoms with Gasteiger partial charge in [-0.05, 0) is 33.0 Å². The second-order valence-corrected chi connectivity index (χ2v) is 6.06. The van der Waals surface area contributed by atoms with Crippen LogP contribution in [0.15, 0.2) is 12.7 Å². The summed E-state index contributed by atoms with van der Waals surface area (Å²) in [5, 5.41) is 39.5. The van der Waals surface area contributed by atoms with Crippen LogP contribution < -0.4 is 34.1 Å². The molecule has 0 aliphatic heterocycles. The van der Waals surface area contributed by atoms with Crippen molar-refractivity contribution in [3.05, 3.63) is 12.7 Å². The van der Waals surface area contributed by atoms with Crippen molar-refractivity contribution in [1.82, 2.24) is 5.32 Å². The number of hydrogen-bond acceptors (Lipinski definition) is 13. The van der Waals surface area contributed by atoms with Crippen LogP contribution in [0.4, 0.5) is 0 Å².